The first-order chi connectivity index (χ1) is 8.35. The number of hydrogen-bond acceptors (Lipinski definition) is 2. The van der Waals surface area contributed by atoms with Crippen molar-refractivity contribution in [1.29, 1.82) is 0 Å². The van der Waals surface area contributed by atoms with Crippen molar-refractivity contribution in [2.24, 2.45) is 0 Å². The summed E-state index contributed by atoms with van der Waals surface area (Å²) >= 11 is 0. The molecule has 0 saturated heterocycles. The fraction of sp³-hybridized carbons (Fsp3) is 0.467. The maximum absolute atomic E-state index is 5.69. The lowest BCUT2D eigenvalue weighted by molar-refractivity contribution is 0.324. The Hall–Kier alpha value is -1.28. The van der Waals surface area contributed by atoms with Crippen molar-refractivity contribution in [2.75, 3.05) is 13.7 Å². The summed E-state index contributed by atoms with van der Waals surface area (Å²) < 4.78 is 5.69. The maximum atomic E-state index is 5.69. The Morgan fingerprint density at radius 2 is 2.41 bits per heavy atom. The number of fused-ring (bicyclic) bond motifs is 1. The molecule has 1 aromatic carbocycles. The van der Waals surface area contributed by atoms with Gasteiger partial charge >= 0.3 is 0 Å². The molecule has 1 atom stereocenters. The highest BCUT2D eigenvalue weighted by molar-refractivity contribution is 5.39. The zero-order valence-corrected chi connectivity index (χ0v) is 10.5. The van der Waals surface area contributed by atoms with Crippen molar-refractivity contribution < 1.29 is 4.74 Å². The molecule has 0 heterocycles. The Morgan fingerprint density at radius 1 is 1.53 bits per heavy atom. The molecule has 0 fully saturated rings. The zero-order valence-electron chi connectivity index (χ0n) is 10.5. The van der Waals surface area contributed by atoms with Crippen molar-refractivity contribution in [3.8, 4) is 5.75 Å². The molecule has 1 N–H and O–H groups in total. The Labute approximate surface area is 104 Å². The van der Waals surface area contributed by atoms with E-state index in [0.717, 1.165) is 18.8 Å². The van der Waals surface area contributed by atoms with Gasteiger partial charge in [-0.15, -0.1) is 6.58 Å². The standard InChI is InChI=1S/C15H21NO/c1-3-4-10-17-13-8-9-14-12(11-13)6-5-7-15(14)16-2/h3,8-9,11,15-16H,1,4-7,10H2,2H3. The molecule has 0 bridgehead atoms. The topological polar surface area (TPSA) is 21.3 Å². The minimum atomic E-state index is 0.515. The van der Waals surface area contributed by atoms with Gasteiger partial charge in [-0.05, 0) is 56.0 Å². The van der Waals surface area contributed by atoms with E-state index >= 15 is 0 Å². The maximum Gasteiger partial charge on any atom is 0.119 e. The fourth-order valence-electron chi connectivity index (χ4n) is 2.44. The van der Waals surface area contributed by atoms with E-state index in [1.807, 2.05) is 13.1 Å². The Morgan fingerprint density at radius 3 is 3.18 bits per heavy atom. The highest BCUT2D eigenvalue weighted by Gasteiger charge is 2.18. The van der Waals surface area contributed by atoms with Crippen LogP contribution < -0.4 is 10.1 Å². The molecule has 17 heavy (non-hydrogen) atoms. The SMILES string of the molecule is C=CCCOc1ccc2c(c1)CCCC2NC. The third-order valence-electron chi connectivity index (χ3n) is 3.37. The van der Waals surface area contributed by atoms with E-state index in [4.69, 9.17) is 4.74 Å². The predicted octanol–water partition coefficient (Wildman–Crippen LogP) is 3.24. The summed E-state index contributed by atoms with van der Waals surface area (Å²) in [5.41, 5.74) is 2.88. The number of benzene rings is 1. The van der Waals surface area contributed by atoms with Gasteiger partial charge in [-0.2, -0.15) is 0 Å². The van der Waals surface area contributed by atoms with Crippen LogP contribution >= 0.6 is 0 Å². The molecule has 1 aliphatic carbocycles. The van der Waals surface area contributed by atoms with Gasteiger partial charge in [0.15, 0.2) is 0 Å². The third kappa shape index (κ3) is 2.89. The molecule has 1 aliphatic rings. The van der Waals surface area contributed by atoms with Crippen molar-refractivity contribution in [3.63, 3.8) is 0 Å². The van der Waals surface area contributed by atoms with E-state index in [0.29, 0.717) is 6.04 Å². The van der Waals surface area contributed by atoms with Crippen LogP contribution in [0.4, 0.5) is 0 Å². The largest absolute Gasteiger partial charge is 0.493 e. The highest BCUT2D eigenvalue weighted by Crippen LogP contribution is 2.31. The summed E-state index contributed by atoms with van der Waals surface area (Å²) in [7, 11) is 2.04. The van der Waals surface area contributed by atoms with Crippen LogP contribution in [0.1, 0.15) is 36.4 Å². The molecule has 0 saturated carbocycles. The van der Waals surface area contributed by atoms with E-state index in [2.05, 4.69) is 30.1 Å². The third-order valence-corrected chi connectivity index (χ3v) is 3.37. The molecule has 0 amide bonds. The summed E-state index contributed by atoms with van der Waals surface area (Å²) in [6.45, 7) is 4.41. The normalized spacial score (nSPS) is 18.5. The van der Waals surface area contributed by atoms with Gasteiger partial charge in [-0.1, -0.05) is 12.1 Å². The lowest BCUT2D eigenvalue weighted by atomic mass is 9.87. The second kappa shape index (κ2) is 5.87. The van der Waals surface area contributed by atoms with Gasteiger partial charge in [0.25, 0.3) is 0 Å². The summed E-state index contributed by atoms with van der Waals surface area (Å²) in [5, 5.41) is 3.38. The van der Waals surface area contributed by atoms with Crippen molar-refractivity contribution in [2.45, 2.75) is 31.7 Å². The first kappa shape index (κ1) is 12.2. The number of nitrogens with one attached hydrogen (secondary N) is 1. The quantitative estimate of drug-likeness (QED) is 0.620. The van der Waals surface area contributed by atoms with Crippen LogP contribution in [0.2, 0.25) is 0 Å². The van der Waals surface area contributed by atoms with Gasteiger partial charge in [0.1, 0.15) is 5.75 Å². The molecule has 2 nitrogen and oxygen atoms in total. The number of ether oxygens (including phenoxy) is 1. The molecule has 0 aliphatic heterocycles. The van der Waals surface area contributed by atoms with Gasteiger partial charge in [-0.25, -0.2) is 0 Å². The first-order valence-corrected chi connectivity index (χ1v) is 6.39. The lowest BCUT2D eigenvalue weighted by Gasteiger charge is -2.25. The Kier molecular flexibility index (Phi) is 4.21. The summed E-state index contributed by atoms with van der Waals surface area (Å²) in [6.07, 6.45) is 6.45. The molecular formula is C15H21NO. The molecule has 0 aromatic heterocycles. The van der Waals surface area contributed by atoms with Crippen molar-refractivity contribution in [1.82, 2.24) is 5.32 Å². The molecule has 0 radical (unpaired) electrons. The molecular weight excluding hydrogens is 210 g/mol. The summed E-state index contributed by atoms with van der Waals surface area (Å²) in [6, 6.07) is 7.00. The number of hydrogen-bond donors (Lipinski definition) is 1. The first-order valence-electron chi connectivity index (χ1n) is 6.39. The highest BCUT2D eigenvalue weighted by atomic mass is 16.5. The Bertz CT molecular complexity index is 387. The summed E-state index contributed by atoms with van der Waals surface area (Å²) in [4.78, 5) is 0. The van der Waals surface area contributed by atoms with Crippen molar-refractivity contribution in [3.05, 3.63) is 42.0 Å². The lowest BCUT2D eigenvalue weighted by Crippen LogP contribution is -2.21. The predicted molar refractivity (Wildman–Crippen MR) is 71.5 cm³/mol. The second-order valence-electron chi connectivity index (χ2n) is 4.52. The minimum Gasteiger partial charge on any atom is -0.493 e. The molecule has 0 spiro atoms. The molecule has 1 aromatic rings. The van der Waals surface area contributed by atoms with E-state index in [-0.39, 0.29) is 0 Å². The Balaban J connectivity index is 2.10. The van der Waals surface area contributed by atoms with Gasteiger partial charge in [0.2, 0.25) is 0 Å². The number of aryl methyl sites for hydroxylation is 1. The van der Waals surface area contributed by atoms with Crippen LogP contribution in [-0.4, -0.2) is 13.7 Å². The molecule has 92 valence electrons. The number of rotatable bonds is 5. The van der Waals surface area contributed by atoms with Crippen LogP contribution in [0.15, 0.2) is 30.9 Å². The van der Waals surface area contributed by atoms with Gasteiger partial charge < -0.3 is 10.1 Å². The average molecular weight is 231 g/mol. The van der Waals surface area contributed by atoms with Crippen LogP contribution in [0.3, 0.4) is 0 Å². The van der Waals surface area contributed by atoms with Gasteiger partial charge in [-0.3, -0.25) is 0 Å². The summed E-state index contributed by atoms with van der Waals surface area (Å²) in [5.74, 6) is 0.988. The van der Waals surface area contributed by atoms with Crippen LogP contribution in [0.5, 0.6) is 5.75 Å². The fourth-order valence-corrected chi connectivity index (χ4v) is 2.44. The van der Waals surface area contributed by atoms with Crippen LogP contribution in [0, 0.1) is 0 Å². The second-order valence-corrected chi connectivity index (χ2v) is 4.52. The molecule has 2 rings (SSSR count). The minimum absolute atomic E-state index is 0.515. The molecule has 1 unspecified atom stereocenters. The van der Waals surface area contributed by atoms with Gasteiger partial charge in [0, 0.05) is 6.04 Å². The van der Waals surface area contributed by atoms with Crippen molar-refractivity contribution >= 4 is 0 Å². The van der Waals surface area contributed by atoms with E-state index in [9.17, 15) is 0 Å². The van der Waals surface area contributed by atoms with E-state index < -0.39 is 0 Å². The monoisotopic (exact) mass is 231 g/mol. The van der Waals surface area contributed by atoms with Crippen LogP contribution in [-0.2, 0) is 6.42 Å². The van der Waals surface area contributed by atoms with Gasteiger partial charge in [0.05, 0.1) is 6.61 Å². The van der Waals surface area contributed by atoms with E-state index in [1.165, 1.54) is 30.4 Å². The smallest absolute Gasteiger partial charge is 0.119 e. The molecule has 2 heteroatoms. The van der Waals surface area contributed by atoms with Crippen LogP contribution in [0.25, 0.3) is 0 Å². The van der Waals surface area contributed by atoms with E-state index in [1.54, 1.807) is 0 Å². The zero-order chi connectivity index (χ0) is 12.1. The average Bonchev–Trinajstić information content (AvgIpc) is 2.38.